The van der Waals surface area contributed by atoms with Crippen LogP contribution in [0.15, 0.2) is 72.8 Å². The molecule has 0 radical (unpaired) electrons. The van der Waals surface area contributed by atoms with Gasteiger partial charge in [-0.2, -0.15) is 0 Å². The molecule has 10 heteroatoms. The Morgan fingerprint density at radius 3 is 2.11 bits per heavy atom. The van der Waals surface area contributed by atoms with E-state index in [-0.39, 0.29) is 31.0 Å². The maximum absolute atomic E-state index is 14.2. The third-order valence-electron chi connectivity index (χ3n) is 7.76. The Kier molecular flexibility index (Phi) is 12.5. The summed E-state index contributed by atoms with van der Waals surface area (Å²) in [7, 11) is 0. The van der Waals surface area contributed by atoms with E-state index in [9.17, 15) is 28.3 Å². The second-order valence-electron chi connectivity index (χ2n) is 11.8. The number of rotatable bonds is 15. The highest BCUT2D eigenvalue weighted by atomic mass is 32.1. The van der Waals surface area contributed by atoms with Gasteiger partial charge in [-0.3, -0.25) is 14.4 Å². The molecule has 0 fully saturated rings. The number of carbonyl (C=O) groups excluding carboxylic acids is 3. The number of nitrogens with zero attached hydrogens (tertiary/aromatic N) is 2. The second-order valence-corrected chi connectivity index (χ2v) is 12.9. The molecule has 0 saturated heterocycles. The molecule has 7 nitrogen and oxygen atoms in total. The molecular formula is C37H41F2N3O4S. The lowest BCUT2D eigenvalue weighted by atomic mass is 10.00. The van der Waals surface area contributed by atoms with Crippen LogP contribution in [-0.2, 0) is 13.0 Å². The smallest absolute Gasteiger partial charge is 0.254 e. The molecule has 4 rings (SSSR count). The monoisotopic (exact) mass is 661 g/mol. The van der Waals surface area contributed by atoms with Crippen LogP contribution in [0.2, 0.25) is 0 Å². The van der Waals surface area contributed by atoms with E-state index in [0.717, 1.165) is 58.9 Å². The fraction of sp³-hybridized carbons (Fsp3) is 0.324. The number of carbonyl (C=O) groups is 3. The summed E-state index contributed by atoms with van der Waals surface area (Å²) in [6.45, 7) is 6.97. The van der Waals surface area contributed by atoms with Crippen LogP contribution < -0.4 is 5.73 Å². The van der Waals surface area contributed by atoms with Crippen molar-refractivity contribution in [2.45, 2.75) is 58.7 Å². The van der Waals surface area contributed by atoms with Gasteiger partial charge < -0.3 is 20.6 Å². The topological polar surface area (TPSA) is 104 Å². The number of hydrogen-bond acceptors (Lipinski definition) is 6. The number of amides is 2. The molecule has 2 atom stereocenters. The number of hydrogen-bond donors (Lipinski definition) is 2. The van der Waals surface area contributed by atoms with Crippen LogP contribution in [0.4, 0.5) is 8.78 Å². The Morgan fingerprint density at radius 2 is 1.51 bits per heavy atom. The number of aryl methyl sites for hydroxylation is 1. The molecule has 0 saturated carbocycles. The number of halogens is 2. The van der Waals surface area contributed by atoms with Crippen molar-refractivity contribution >= 4 is 29.4 Å². The van der Waals surface area contributed by atoms with Crippen LogP contribution in [0, 0.1) is 18.6 Å². The lowest BCUT2D eigenvalue weighted by Crippen LogP contribution is -2.46. The van der Waals surface area contributed by atoms with Crippen LogP contribution >= 0.6 is 11.3 Å². The summed E-state index contributed by atoms with van der Waals surface area (Å²) in [6, 6.07) is 18.4. The number of benzene rings is 3. The number of aldehydes is 1. The fourth-order valence-corrected chi connectivity index (χ4v) is 6.40. The van der Waals surface area contributed by atoms with Crippen molar-refractivity contribution in [1.29, 1.82) is 0 Å². The lowest BCUT2D eigenvalue weighted by Gasteiger charge is -2.29. The lowest BCUT2D eigenvalue weighted by molar-refractivity contribution is 0.0554. The molecule has 0 unspecified atom stereocenters. The Labute approximate surface area is 278 Å². The Balaban J connectivity index is 1.65. The zero-order valence-corrected chi connectivity index (χ0v) is 27.7. The number of thiophene rings is 1. The fourth-order valence-electron chi connectivity index (χ4n) is 5.58. The maximum Gasteiger partial charge on any atom is 0.254 e. The number of aliphatic hydroxyl groups excluding tert-OH is 1. The first-order chi connectivity index (χ1) is 22.5. The molecule has 4 aromatic rings. The van der Waals surface area contributed by atoms with Crippen LogP contribution in [-0.4, -0.2) is 64.8 Å². The van der Waals surface area contributed by atoms with Gasteiger partial charge >= 0.3 is 0 Å². The van der Waals surface area contributed by atoms with Gasteiger partial charge in [0, 0.05) is 54.3 Å². The van der Waals surface area contributed by atoms with Crippen LogP contribution in [0.25, 0.3) is 10.4 Å². The molecule has 3 aromatic carbocycles. The average Bonchev–Trinajstić information content (AvgIpc) is 3.52. The number of aliphatic hydroxyl groups is 1. The summed E-state index contributed by atoms with van der Waals surface area (Å²) in [5.74, 6) is -2.05. The van der Waals surface area contributed by atoms with Gasteiger partial charge in [0.05, 0.1) is 11.0 Å². The standard InChI is InChI=1S/C37H41F2N3O4S/c1-4-11-41(12-5-2)36(45)28-13-24(3)14-29(19-28)37(46)42(22-34(44)33(40)18-26-16-30(38)20-31(39)17-26)21-25-7-6-8-27(15-25)35-10-9-32(23-43)47-35/h6-10,13-17,19-20,23,33-34,44H,4-5,11-12,18,21-22,40H2,1-3H3/t33-,34+/m0/s1. The minimum atomic E-state index is -1.24. The summed E-state index contributed by atoms with van der Waals surface area (Å²) in [4.78, 5) is 43.7. The third kappa shape index (κ3) is 9.63. The maximum atomic E-state index is 14.2. The van der Waals surface area contributed by atoms with Crippen molar-refractivity contribution in [3.05, 3.63) is 117 Å². The van der Waals surface area contributed by atoms with Gasteiger partial charge in [-0.25, -0.2) is 8.78 Å². The predicted molar refractivity (Wildman–Crippen MR) is 182 cm³/mol. The van der Waals surface area contributed by atoms with Gasteiger partial charge in [-0.05, 0) is 97.0 Å². The van der Waals surface area contributed by atoms with Crippen LogP contribution in [0.1, 0.15) is 73.8 Å². The van der Waals surface area contributed by atoms with E-state index in [1.807, 2.05) is 51.1 Å². The highest BCUT2D eigenvalue weighted by Gasteiger charge is 2.26. The van der Waals surface area contributed by atoms with Crippen molar-refractivity contribution in [2.75, 3.05) is 19.6 Å². The molecule has 3 N–H and O–H groups in total. The van der Waals surface area contributed by atoms with Gasteiger partial charge in [0.2, 0.25) is 0 Å². The van der Waals surface area contributed by atoms with Crippen molar-refractivity contribution in [3.63, 3.8) is 0 Å². The Bertz CT molecular complexity index is 1680. The normalized spacial score (nSPS) is 12.4. The zero-order valence-electron chi connectivity index (χ0n) is 26.9. The molecule has 2 amide bonds. The van der Waals surface area contributed by atoms with Gasteiger partial charge in [-0.1, -0.05) is 32.0 Å². The highest BCUT2D eigenvalue weighted by Crippen LogP contribution is 2.28. The second kappa shape index (κ2) is 16.5. The van der Waals surface area contributed by atoms with Crippen molar-refractivity contribution in [2.24, 2.45) is 5.73 Å². The van der Waals surface area contributed by atoms with Gasteiger partial charge in [-0.15, -0.1) is 11.3 Å². The minimum absolute atomic E-state index is 0.0153. The van der Waals surface area contributed by atoms with E-state index in [0.29, 0.717) is 29.1 Å². The molecular weight excluding hydrogens is 620 g/mol. The third-order valence-corrected chi connectivity index (χ3v) is 8.82. The average molecular weight is 662 g/mol. The predicted octanol–water partition coefficient (Wildman–Crippen LogP) is 6.65. The minimum Gasteiger partial charge on any atom is -0.390 e. The van der Waals surface area contributed by atoms with Crippen molar-refractivity contribution in [3.8, 4) is 10.4 Å². The molecule has 1 aromatic heterocycles. The first-order valence-electron chi connectivity index (χ1n) is 15.7. The summed E-state index contributed by atoms with van der Waals surface area (Å²) in [5.41, 5.74) is 9.68. The first-order valence-corrected chi connectivity index (χ1v) is 16.6. The molecule has 248 valence electrons. The first kappa shape index (κ1) is 35.6. The van der Waals surface area contributed by atoms with Crippen LogP contribution in [0.3, 0.4) is 0 Å². The van der Waals surface area contributed by atoms with Crippen LogP contribution in [0.5, 0.6) is 0 Å². The number of nitrogens with two attached hydrogens (primary N) is 1. The van der Waals surface area contributed by atoms with E-state index in [1.165, 1.54) is 16.2 Å². The molecule has 47 heavy (non-hydrogen) atoms. The molecule has 1 heterocycles. The SMILES string of the molecule is CCCN(CCC)C(=O)c1cc(C)cc(C(=O)N(Cc2cccc(-c3ccc(C=O)s3)c2)C[C@@H](O)[C@@H](N)Cc2cc(F)cc(F)c2)c1. The van der Waals surface area contributed by atoms with E-state index in [2.05, 4.69) is 0 Å². The quantitative estimate of drug-likeness (QED) is 0.139. The molecule has 0 aliphatic carbocycles. The summed E-state index contributed by atoms with van der Waals surface area (Å²) in [5, 5.41) is 11.2. The molecule has 0 aliphatic rings. The van der Waals surface area contributed by atoms with Gasteiger partial charge in [0.1, 0.15) is 11.6 Å². The van der Waals surface area contributed by atoms with Gasteiger partial charge in [0.25, 0.3) is 11.8 Å². The summed E-state index contributed by atoms with van der Waals surface area (Å²) >= 11 is 1.35. The zero-order chi connectivity index (χ0) is 34.1. The molecule has 0 bridgehead atoms. The van der Waals surface area contributed by atoms with E-state index in [4.69, 9.17) is 5.73 Å². The largest absolute Gasteiger partial charge is 0.390 e. The molecule has 0 spiro atoms. The Hall–Kier alpha value is -4.25. The van der Waals surface area contributed by atoms with Gasteiger partial charge in [0.15, 0.2) is 6.29 Å². The van der Waals surface area contributed by atoms with E-state index >= 15 is 0 Å². The summed E-state index contributed by atoms with van der Waals surface area (Å²) < 4.78 is 27.6. The highest BCUT2D eigenvalue weighted by molar-refractivity contribution is 7.17. The molecule has 0 aliphatic heterocycles. The van der Waals surface area contributed by atoms with E-state index < -0.39 is 29.7 Å². The van der Waals surface area contributed by atoms with Crippen molar-refractivity contribution in [1.82, 2.24) is 9.80 Å². The summed E-state index contributed by atoms with van der Waals surface area (Å²) in [6.07, 6.45) is 1.15. The van der Waals surface area contributed by atoms with E-state index in [1.54, 1.807) is 29.2 Å². The Morgan fingerprint density at radius 1 is 0.872 bits per heavy atom. The van der Waals surface area contributed by atoms with Crippen molar-refractivity contribution < 1.29 is 28.3 Å².